The van der Waals surface area contributed by atoms with Crippen molar-refractivity contribution in [1.82, 2.24) is 10.3 Å². The van der Waals surface area contributed by atoms with Crippen LogP contribution >= 0.6 is 0 Å². The van der Waals surface area contributed by atoms with E-state index in [1.165, 1.54) is 18.5 Å². The van der Waals surface area contributed by atoms with Crippen LogP contribution in [0.4, 0.5) is 0 Å². The van der Waals surface area contributed by atoms with Crippen LogP contribution in [0.25, 0.3) is 0 Å². The molecule has 0 unspecified atom stereocenters. The predicted octanol–water partition coefficient (Wildman–Crippen LogP) is 1.28. The fourth-order valence-corrected chi connectivity index (χ4v) is 1.15. The molecule has 1 amide bonds. The molecule has 1 N–H and O–H groups in total. The van der Waals surface area contributed by atoms with Crippen LogP contribution in [-0.4, -0.2) is 23.5 Å². The van der Waals surface area contributed by atoms with Gasteiger partial charge < -0.3 is 10.1 Å². The summed E-state index contributed by atoms with van der Waals surface area (Å²) >= 11 is 0. The number of carbonyl (C=O) groups is 2. The monoisotopic (exact) mass is 234 g/mol. The molecule has 0 aliphatic heterocycles. The van der Waals surface area contributed by atoms with Gasteiger partial charge in [0.15, 0.2) is 0 Å². The second-order valence-electron chi connectivity index (χ2n) is 3.27. The van der Waals surface area contributed by atoms with Crippen LogP contribution in [0.5, 0.6) is 0 Å². The van der Waals surface area contributed by atoms with Crippen molar-refractivity contribution in [1.29, 1.82) is 0 Å². The highest BCUT2D eigenvalue weighted by Crippen LogP contribution is 1.98. The minimum Gasteiger partial charge on any atom is -0.463 e. The van der Waals surface area contributed by atoms with Crippen molar-refractivity contribution < 1.29 is 14.3 Å². The van der Waals surface area contributed by atoms with Crippen LogP contribution in [-0.2, 0) is 9.53 Å². The number of aromatic nitrogens is 1. The van der Waals surface area contributed by atoms with Gasteiger partial charge in [0.25, 0.3) is 5.91 Å². The van der Waals surface area contributed by atoms with Crippen molar-refractivity contribution in [3.05, 3.63) is 41.9 Å². The molecule has 0 atom stereocenters. The number of carbonyl (C=O) groups excluding carboxylic acids is 2. The van der Waals surface area contributed by atoms with Gasteiger partial charge in [0.2, 0.25) is 0 Å². The Balaban J connectivity index is 2.60. The lowest BCUT2D eigenvalue weighted by Gasteiger charge is -2.04. The zero-order valence-corrected chi connectivity index (χ0v) is 9.77. The average molecular weight is 234 g/mol. The molecule has 0 aliphatic rings. The van der Waals surface area contributed by atoms with E-state index in [0.29, 0.717) is 17.9 Å². The van der Waals surface area contributed by atoms with Gasteiger partial charge in [-0.05, 0) is 26.0 Å². The van der Waals surface area contributed by atoms with E-state index in [4.69, 9.17) is 4.74 Å². The summed E-state index contributed by atoms with van der Waals surface area (Å²) in [7, 11) is 0. The van der Waals surface area contributed by atoms with Gasteiger partial charge in [-0.25, -0.2) is 4.79 Å². The number of hydrogen-bond acceptors (Lipinski definition) is 4. The first-order valence-corrected chi connectivity index (χ1v) is 5.20. The largest absolute Gasteiger partial charge is 0.463 e. The standard InChI is InChI=1S/C12H14N2O3/c1-3-17-11(15)8-9(2)14-12(16)10-4-6-13-7-5-10/h4-8H,3H2,1-2H3,(H,14,16)/b9-8-. The summed E-state index contributed by atoms with van der Waals surface area (Å²) in [6, 6.07) is 3.18. The fourth-order valence-electron chi connectivity index (χ4n) is 1.15. The maximum atomic E-state index is 11.7. The van der Waals surface area contributed by atoms with Crippen LogP contribution < -0.4 is 5.32 Å². The topological polar surface area (TPSA) is 68.3 Å². The summed E-state index contributed by atoms with van der Waals surface area (Å²) < 4.78 is 4.72. The van der Waals surface area contributed by atoms with Gasteiger partial charge in [0, 0.05) is 29.7 Å². The number of hydrogen-bond donors (Lipinski definition) is 1. The van der Waals surface area contributed by atoms with E-state index in [2.05, 4.69) is 10.3 Å². The summed E-state index contributed by atoms with van der Waals surface area (Å²) in [4.78, 5) is 26.6. The van der Waals surface area contributed by atoms with Gasteiger partial charge in [-0.3, -0.25) is 9.78 Å². The molecule has 0 saturated heterocycles. The van der Waals surface area contributed by atoms with E-state index >= 15 is 0 Å². The summed E-state index contributed by atoms with van der Waals surface area (Å²) in [5.74, 6) is -0.759. The molecule has 0 bridgehead atoms. The van der Waals surface area contributed by atoms with Gasteiger partial charge in [0.05, 0.1) is 6.61 Å². The first-order valence-electron chi connectivity index (χ1n) is 5.20. The first-order chi connectivity index (χ1) is 8.13. The Morgan fingerprint density at radius 2 is 2.06 bits per heavy atom. The second kappa shape index (κ2) is 6.42. The first kappa shape index (κ1) is 12.9. The van der Waals surface area contributed by atoms with Crippen molar-refractivity contribution in [2.24, 2.45) is 0 Å². The second-order valence-corrected chi connectivity index (χ2v) is 3.27. The van der Waals surface area contributed by atoms with E-state index in [1.807, 2.05) is 0 Å². The van der Waals surface area contributed by atoms with E-state index < -0.39 is 5.97 Å². The molecule has 1 rings (SSSR count). The SMILES string of the molecule is CCOC(=O)/C=C(/C)NC(=O)c1ccncc1. The predicted molar refractivity (Wildman–Crippen MR) is 62.1 cm³/mol. The van der Waals surface area contributed by atoms with Gasteiger partial charge in [-0.1, -0.05) is 0 Å². The molecule has 0 radical (unpaired) electrons. The molecule has 5 heteroatoms. The average Bonchev–Trinajstić information content (AvgIpc) is 2.30. The molecule has 0 saturated carbocycles. The number of ether oxygens (including phenoxy) is 1. The third-order valence-corrected chi connectivity index (χ3v) is 1.87. The lowest BCUT2D eigenvalue weighted by atomic mass is 10.2. The summed E-state index contributed by atoms with van der Waals surface area (Å²) in [5.41, 5.74) is 0.918. The highest BCUT2D eigenvalue weighted by Gasteiger charge is 2.05. The van der Waals surface area contributed by atoms with Crippen LogP contribution in [0.15, 0.2) is 36.3 Å². The Labute approximate surface area is 99.5 Å². The quantitative estimate of drug-likeness (QED) is 0.629. The van der Waals surface area contributed by atoms with Gasteiger partial charge in [-0.15, -0.1) is 0 Å². The highest BCUT2D eigenvalue weighted by atomic mass is 16.5. The number of esters is 1. The lowest BCUT2D eigenvalue weighted by Crippen LogP contribution is -2.22. The van der Waals surface area contributed by atoms with E-state index in [-0.39, 0.29) is 5.91 Å². The number of amides is 1. The number of allylic oxidation sites excluding steroid dienone is 1. The lowest BCUT2D eigenvalue weighted by molar-refractivity contribution is -0.137. The third-order valence-electron chi connectivity index (χ3n) is 1.87. The molecule has 0 spiro atoms. The molecule has 1 aromatic rings. The fraction of sp³-hybridized carbons (Fsp3) is 0.250. The normalized spacial score (nSPS) is 10.8. The Bertz CT molecular complexity index is 427. The van der Waals surface area contributed by atoms with Crippen molar-refractivity contribution in [3.8, 4) is 0 Å². The molecule has 1 aromatic heterocycles. The molecular weight excluding hydrogens is 220 g/mol. The Kier molecular flexibility index (Phi) is 4.87. The van der Waals surface area contributed by atoms with E-state index in [0.717, 1.165) is 0 Å². The van der Waals surface area contributed by atoms with E-state index in [9.17, 15) is 9.59 Å². The molecule has 0 aromatic carbocycles. The van der Waals surface area contributed by atoms with Crippen LogP contribution in [0.3, 0.4) is 0 Å². The molecule has 5 nitrogen and oxygen atoms in total. The van der Waals surface area contributed by atoms with Gasteiger partial charge in [-0.2, -0.15) is 0 Å². The van der Waals surface area contributed by atoms with Crippen molar-refractivity contribution in [2.75, 3.05) is 6.61 Å². The van der Waals surface area contributed by atoms with Crippen molar-refractivity contribution in [2.45, 2.75) is 13.8 Å². The highest BCUT2D eigenvalue weighted by molar-refractivity contribution is 5.95. The Morgan fingerprint density at radius 1 is 1.41 bits per heavy atom. The maximum Gasteiger partial charge on any atom is 0.332 e. The van der Waals surface area contributed by atoms with Crippen molar-refractivity contribution in [3.63, 3.8) is 0 Å². The zero-order chi connectivity index (χ0) is 12.7. The van der Waals surface area contributed by atoms with Crippen molar-refractivity contribution >= 4 is 11.9 Å². The summed E-state index contributed by atoms with van der Waals surface area (Å²) in [6.45, 7) is 3.65. The Morgan fingerprint density at radius 3 is 2.65 bits per heavy atom. The number of rotatable bonds is 4. The number of nitrogens with zero attached hydrogens (tertiary/aromatic N) is 1. The van der Waals surface area contributed by atoms with Gasteiger partial charge >= 0.3 is 5.97 Å². The molecule has 17 heavy (non-hydrogen) atoms. The molecule has 1 heterocycles. The Hall–Kier alpha value is -2.17. The van der Waals surface area contributed by atoms with Crippen LogP contribution in [0.2, 0.25) is 0 Å². The zero-order valence-electron chi connectivity index (χ0n) is 9.77. The minimum atomic E-state index is -0.472. The van der Waals surface area contributed by atoms with Crippen LogP contribution in [0, 0.1) is 0 Å². The van der Waals surface area contributed by atoms with E-state index in [1.54, 1.807) is 26.0 Å². The van der Waals surface area contributed by atoms with Crippen LogP contribution in [0.1, 0.15) is 24.2 Å². The summed E-state index contributed by atoms with van der Waals surface area (Å²) in [5, 5.41) is 2.58. The van der Waals surface area contributed by atoms with Gasteiger partial charge in [0.1, 0.15) is 0 Å². The summed E-state index contributed by atoms with van der Waals surface area (Å²) in [6.07, 6.45) is 4.29. The molecular formula is C12H14N2O3. The molecule has 90 valence electrons. The maximum absolute atomic E-state index is 11.7. The number of pyridine rings is 1. The molecule has 0 fully saturated rings. The minimum absolute atomic E-state index is 0.287. The molecule has 0 aliphatic carbocycles. The smallest absolute Gasteiger partial charge is 0.332 e. The third kappa shape index (κ3) is 4.46. The number of nitrogens with one attached hydrogen (secondary N) is 1.